The molecule has 1 amide bonds. The van der Waals surface area contributed by atoms with E-state index in [1.807, 2.05) is 4.90 Å². The van der Waals surface area contributed by atoms with Gasteiger partial charge in [0.15, 0.2) is 12.4 Å². The molecule has 0 atom stereocenters. The fourth-order valence-electron chi connectivity index (χ4n) is 2.98. The fraction of sp³-hybridized carbons (Fsp3) is 0.333. The van der Waals surface area contributed by atoms with Gasteiger partial charge >= 0.3 is 6.18 Å². The molecule has 0 unspecified atom stereocenters. The zero-order chi connectivity index (χ0) is 18.7. The molecule has 1 aliphatic heterocycles. The van der Waals surface area contributed by atoms with Crippen LogP contribution in [-0.2, 0) is 6.18 Å². The summed E-state index contributed by atoms with van der Waals surface area (Å²) in [5, 5.41) is 13.6. The Balaban J connectivity index is 1.93. The van der Waals surface area contributed by atoms with E-state index < -0.39 is 17.6 Å². The first-order valence-corrected chi connectivity index (χ1v) is 8.31. The summed E-state index contributed by atoms with van der Waals surface area (Å²) in [7, 11) is 0. The van der Waals surface area contributed by atoms with E-state index >= 15 is 0 Å². The van der Waals surface area contributed by atoms with Gasteiger partial charge in [0.1, 0.15) is 0 Å². The molecule has 138 valence electrons. The summed E-state index contributed by atoms with van der Waals surface area (Å²) < 4.78 is 39.8. The molecule has 1 fully saturated rings. The molecule has 2 aromatic rings. The van der Waals surface area contributed by atoms with Gasteiger partial charge in [-0.1, -0.05) is 0 Å². The predicted molar refractivity (Wildman–Crippen MR) is 90.9 cm³/mol. The van der Waals surface area contributed by atoms with Crippen LogP contribution in [0.3, 0.4) is 0 Å². The number of carbonyl (C=O) groups excluding carboxylic acids is 1. The van der Waals surface area contributed by atoms with Crippen LogP contribution in [-0.4, -0.2) is 19.0 Å². The summed E-state index contributed by atoms with van der Waals surface area (Å²) in [4.78, 5) is 14.4. The highest BCUT2D eigenvalue weighted by atomic mass is 19.4. The molecule has 0 aliphatic carbocycles. The average Bonchev–Trinajstić information content (AvgIpc) is 2.62. The second-order valence-electron chi connectivity index (χ2n) is 6.18. The van der Waals surface area contributed by atoms with Crippen LogP contribution in [0.15, 0.2) is 42.7 Å². The van der Waals surface area contributed by atoms with Gasteiger partial charge in [-0.2, -0.15) is 17.9 Å². The zero-order valence-corrected chi connectivity index (χ0v) is 13.9. The molecule has 0 bridgehead atoms. The molecule has 3 rings (SSSR count). The number of alkyl halides is 3. The number of carbonyl (C=O) groups is 1. The largest absolute Gasteiger partial charge is 0.619 e. The van der Waals surface area contributed by atoms with Crippen molar-refractivity contribution >= 4 is 17.3 Å². The number of benzene rings is 1. The van der Waals surface area contributed by atoms with Crippen molar-refractivity contribution in [3.05, 3.63) is 59.1 Å². The number of nitrogens with zero attached hydrogens (tertiary/aromatic N) is 2. The summed E-state index contributed by atoms with van der Waals surface area (Å²) >= 11 is 0. The quantitative estimate of drug-likeness (QED) is 0.668. The number of anilines is 2. The highest BCUT2D eigenvalue weighted by Gasteiger charge is 2.32. The first-order chi connectivity index (χ1) is 12.3. The Morgan fingerprint density at radius 2 is 1.73 bits per heavy atom. The first-order valence-electron chi connectivity index (χ1n) is 8.31. The van der Waals surface area contributed by atoms with Gasteiger partial charge in [-0.3, -0.25) is 4.79 Å². The minimum atomic E-state index is -4.50. The van der Waals surface area contributed by atoms with Crippen molar-refractivity contribution in [1.82, 2.24) is 0 Å². The van der Waals surface area contributed by atoms with Crippen LogP contribution < -0.4 is 14.9 Å². The van der Waals surface area contributed by atoms with E-state index in [9.17, 15) is 23.2 Å². The molecule has 1 aromatic heterocycles. The molecule has 0 spiro atoms. The lowest BCUT2D eigenvalue weighted by Gasteiger charge is -2.31. The van der Waals surface area contributed by atoms with E-state index in [0.717, 1.165) is 56.9 Å². The Hall–Kier alpha value is -2.77. The number of piperidine rings is 1. The third kappa shape index (κ3) is 4.07. The van der Waals surface area contributed by atoms with E-state index in [1.165, 1.54) is 18.2 Å². The van der Waals surface area contributed by atoms with Gasteiger partial charge < -0.3 is 15.4 Å². The smallest absolute Gasteiger partial charge is 0.416 e. The van der Waals surface area contributed by atoms with Crippen molar-refractivity contribution in [2.45, 2.75) is 25.4 Å². The van der Waals surface area contributed by atoms with Gasteiger partial charge in [0.2, 0.25) is 0 Å². The van der Waals surface area contributed by atoms with Crippen molar-refractivity contribution in [3.63, 3.8) is 0 Å². The summed E-state index contributed by atoms with van der Waals surface area (Å²) in [6, 6.07) is 6.02. The van der Waals surface area contributed by atoms with E-state index in [-0.39, 0.29) is 11.3 Å². The third-order valence-electron chi connectivity index (χ3n) is 4.33. The Morgan fingerprint density at radius 1 is 1.08 bits per heavy atom. The van der Waals surface area contributed by atoms with Crippen LogP contribution >= 0.6 is 0 Å². The van der Waals surface area contributed by atoms with Crippen molar-refractivity contribution < 1.29 is 22.7 Å². The normalized spacial score (nSPS) is 15.0. The second kappa shape index (κ2) is 7.23. The molecule has 26 heavy (non-hydrogen) atoms. The number of pyridine rings is 1. The Labute approximate surface area is 148 Å². The van der Waals surface area contributed by atoms with E-state index in [0.29, 0.717) is 10.4 Å². The molecule has 1 aromatic carbocycles. The van der Waals surface area contributed by atoms with Gasteiger partial charge in [0.25, 0.3) is 5.91 Å². The van der Waals surface area contributed by atoms with Gasteiger partial charge in [0, 0.05) is 25.2 Å². The average molecular weight is 365 g/mol. The molecular weight excluding hydrogens is 347 g/mol. The number of hydrogen-bond donors (Lipinski definition) is 1. The first kappa shape index (κ1) is 18.0. The molecule has 1 saturated heterocycles. The van der Waals surface area contributed by atoms with Gasteiger partial charge in [0.05, 0.1) is 22.5 Å². The monoisotopic (exact) mass is 365 g/mol. The Kier molecular flexibility index (Phi) is 5.01. The van der Waals surface area contributed by atoms with Gasteiger partial charge in [-0.25, -0.2) is 0 Å². The van der Waals surface area contributed by atoms with Crippen LogP contribution in [0, 0.1) is 5.21 Å². The number of rotatable bonds is 3. The minimum absolute atomic E-state index is 0.116. The highest BCUT2D eigenvalue weighted by molar-refractivity contribution is 6.05. The molecule has 5 nitrogen and oxygen atoms in total. The fourth-order valence-corrected chi connectivity index (χ4v) is 2.98. The molecule has 1 aliphatic rings. The maximum absolute atomic E-state index is 13.1. The van der Waals surface area contributed by atoms with E-state index in [4.69, 9.17) is 0 Å². The zero-order valence-electron chi connectivity index (χ0n) is 13.9. The van der Waals surface area contributed by atoms with Crippen LogP contribution in [0.25, 0.3) is 0 Å². The molecule has 0 saturated carbocycles. The molecule has 1 N–H and O–H groups in total. The molecule has 2 heterocycles. The van der Waals surface area contributed by atoms with Gasteiger partial charge in [-0.15, -0.1) is 0 Å². The van der Waals surface area contributed by atoms with Crippen LogP contribution in [0.5, 0.6) is 0 Å². The van der Waals surface area contributed by atoms with Crippen LogP contribution in [0.4, 0.5) is 24.5 Å². The number of aromatic nitrogens is 1. The van der Waals surface area contributed by atoms with E-state index in [1.54, 1.807) is 0 Å². The molecule has 8 heteroatoms. The number of nitrogens with one attached hydrogen (secondary N) is 1. The lowest BCUT2D eigenvalue weighted by Crippen LogP contribution is -2.30. The van der Waals surface area contributed by atoms with Crippen molar-refractivity contribution in [1.29, 1.82) is 0 Å². The van der Waals surface area contributed by atoms with Crippen LogP contribution in [0.2, 0.25) is 0 Å². The number of halogens is 3. The summed E-state index contributed by atoms with van der Waals surface area (Å²) in [5.41, 5.74) is 0.0598. The number of amides is 1. The minimum Gasteiger partial charge on any atom is -0.619 e. The Morgan fingerprint density at radius 3 is 2.35 bits per heavy atom. The third-order valence-corrected chi connectivity index (χ3v) is 4.33. The summed E-state index contributed by atoms with van der Waals surface area (Å²) in [6.45, 7) is 1.46. The summed E-state index contributed by atoms with van der Waals surface area (Å²) in [6.07, 6.45) is 0.811. The van der Waals surface area contributed by atoms with Gasteiger partial charge in [-0.05, 0) is 37.5 Å². The highest BCUT2D eigenvalue weighted by Crippen LogP contribution is 2.36. The van der Waals surface area contributed by atoms with Crippen LogP contribution in [0.1, 0.15) is 35.2 Å². The SMILES string of the molecule is O=C(Nc1cc(C(F)(F)F)ccc1N1CCCCC1)c1cc[n+]([O-])cc1. The lowest BCUT2D eigenvalue weighted by molar-refractivity contribution is -0.605. The lowest BCUT2D eigenvalue weighted by atomic mass is 10.1. The second-order valence-corrected chi connectivity index (χ2v) is 6.18. The summed E-state index contributed by atoms with van der Waals surface area (Å²) in [5.74, 6) is -0.566. The van der Waals surface area contributed by atoms with E-state index in [2.05, 4.69) is 5.32 Å². The Bertz CT molecular complexity index is 785. The number of hydrogen-bond acceptors (Lipinski definition) is 3. The topological polar surface area (TPSA) is 59.3 Å². The standard InChI is InChI=1S/C18H18F3N3O2/c19-18(20,21)14-4-5-16(23-8-2-1-3-9-23)15(12-14)22-17(25)13-6-10-24(26)11-7-13/h4-7,10-12H,1-3,8-9H2,(H,22,25). The maximum Gasteiger partial charge on any atom is 0.416 e. The maximum atomic E-state index is 13.1. The molecule has 0 radical (unpaired) electrons. The predicted octanol–water partition coefficient (Wildman–Crippen LogP) is 3.58. The van der Waals surface area contributed by atoms with Crippen molar-refractivity contribution in [2.24, 2.45) is 0 Å². The van der Waals surface area contributed by atoms with Crippen molar-refractivity contribution in [2.75, 3.05) is 23.3 Å². The van der Waals surface area contributed by atoms with Crippen molar-refractivity contribution in [3.8, 4) is 0 Å². The molecular formula is C18H18F3N3O2.